The molecule has 6 nitrogen and oxygen atoms in total. The number of ether oxygens (including phenoxy) is 1. The van der Waals surface area contributed by atoms with Crippen LogP contribution in [0, 0.1) is 12.8 Å². The molecule has 6 heteroatoms. The fraction of sp³-hybridized carbons (Fsp3) is 0.375. The Morgan fingerprint density at radius 2 is 1.70 bits per heavy atom. The van der Waals surface area contributed by atoms with Crippen LogP contribution < -0.4 is 10.6 Å². The van der Waals surface area contributed by atoms with Crippen molar-refractivity contribution < 1.29 is 19.1 Å². The third-order valence-corrected chi connectivity index (χ3v) is 4.54. The quantitative estimate of drug-likeness (QED) is 0.621. The predicted molar refractivity (Wildman–Crippen MR) is 116 cm³/mol. The van der Waals surface area contributed by atoms with Gasteiger partial charge in [0, 0.05) is 5.56 Å². The first-order chi connectivity index (χ1) is 14.2. The number of carbonyl (C=O) groups is 3. The second-order valence-corrected chi connectivity index (χ2v) is 7.84. The fourth-order valence-corrected chi connectivity index (χ4v) is 3.02. The first-order valence-electron chi connectivity index (χ1n) is 10.1. The lowest BCUT2D eigenvalue weighted by Crippen LogP contribution is -2.34. The Balaban J connectivity index is 1.73. The lowest BCUT2D eigenvalue weighted by Gasteiger charge is -2.15. The highest BCUT2D eigenvalue weighted by Gasteiger charge is 2.13. The molecule has 2 aromatic carbocycles. The average Bonchev–Trinajstić information content (AvgIpc) is 2.70. The van der Waals surface area contributed by atoms with Gasteiger partial charge in [-0.2, -0.15) is 0 Å². The molecule has 0 saturated carbocycles. The number of aryl methyl sites for hydroxylation is 1. The van der Waals surface area contributed by atoms with Gasteiger partial charge in [-0.3, -0.25) is 14.4 Å². The Hall–Kier alpha value is -3.15. The van der Waals surface area contributed by atoms with Crippen LogP contribution in [0.1, 0.15) is 53.9 Å². The van der Waals surface area contributed by atoms with Crippen molar-refractivity contribution in [1.29, 1.82) is 0 Å². The number of rotatable bonds is 9. The van der Waals surface area contributed by atoms with Crippen LogP contribution in [-0.4, -0.2) is 30.9 Å². The van der Waals surface area contributed by atoms with Crippen LogP contribution in [0.15, 0.2) is 48.5 Å². The molecule has 0 aliphatic rings. The van der Waals surface area contributed by atoms with Gasteiger partial charge in [0.1, 0.15) is 6.54 Å². The van der Waals surface area contributed by atoms with Crippen LogP contribution >= 0.6 is 0 Å². The second-order valence-electron chi connectivity index (χ2n) is 7.84. The van der Waals surface area contributed by atoms with E-state index in [1.54, 1.807) is 18.2 Å². The molecule has 2 N–H and O–H groups in total. The molecule has 2 rings (SSSR count). The molecule has 0 aromatic heterocycles. The highest BCUT2D eigenvalue weighted by molar-refractivity contribution is 5.96. The zero-order valence-electron chi connectivity index (χ0n) is 18.0. The molecule has 0 fully saturated rings. The maximum Gasteiger partial charge on any atom is 0.325 e. The molecule has 0 unspecified atom stereocenters. The van der Waals surface area contributed by atoms with E-state index in [4.69, 9.17) is 4.74 Å². The lowest BCUT2D eigenvalue weighted by molar-refractivity contribution is -0.147. The molecule has 0 heterocycles. The van der Waals surface area contributed by atoms with Crippen molar-refractivity contribution in [1.82, 2.24) is 10.6 Å². The summed E-state index contributed by atoms with van der Waals surface area (Å²) in [6.07, 6.45) is 1.01. The van der Waals surface area contributed by atoms with Crippen molar-refractivity contribution in [2.75, 3.05) is 13.2 Å². The average molecular weight is 411 g/mol. The molecular weight excluding hydrogens is 380 g/mol. The molecule has 2 aromatic rings. The van der Waals surface area contributed by atoms with E-state index in [0.717, 1.165) is 17.5 Å². The molecule has 30 heavy (non-hydrogen) atoms. The summed E-state index contributed by atoms with van der Waals surface area (Å²) in [5, 5.41) is 5.29. The number of esters is 1. The third-order valence-electron chi connectivity index (χ3n) is 4.54. The molecule has 0 aliphatic carbocycles. The Bertz CT molecular complexity index is 875. The topological polar surface area (TPSA) is 84.5 Å². The summed E-state index contributed by atoms with van der Waals surface area (Å²) in [4.78, 5) is 35.9. The predicted octanol–water partition coefficient (Wildman–Crippen LogP) is 3.34. The highest BCUT2D eigenvalue weighted by Crippen LogP contribution is 2.15. The SMILES string of the molecule is Cc1cccc(C(=O)NCC(=O)OCC(=O)N[C@H](C)c2ccc(CC(C)C)cc2)c1. The van der Waals surface area contributed by atoms with Crippen molar-refractivity contribution in [3.63, 3.8) is 0 Å². The molecule has 0 bridgehead atoms. The maximum atomic E-state index is 12.1. The minimum absolute atomic E-state index is 0.203. The Labute approximate surface area is 178 Å². The first kappa shape index (κ1) is 23.1. The summed E-state index contributed by atoms with van der Waals surface area (Å²) in [6.45, 7) is 7.41. The van der Waals surface area contributed by atoms with Gasteiger partial charge in [0.05, 0.1) is 6.04 Å². The van der Waals surface area contributed by atoms with Crippen molar-refractivity contribution >= 4 is 17.8 Å². The number of carbonyl (C=O) groups excluding carboxylic acids is 3. The van der Waals surface area contributed by atoms with E-state index < -0.39 is 18.5 Å². The molecule has 0 spiro atoms. The van der Waals surface area contributed by atoms with Gasteiger partial charge in [-0.05, 0) is 49.4 Å². The first-order valence-corrected chi connectivity index (χ1v) is 10.1. The number of benzene rings is 2. The monoisotopic (exact) mass is 410 g/mol. The van der Waals surface area contributed by atoms with Gasteiger partial charge in [-0.1, -0.05) is 55.8 Å². The van der Waals surface area contributed by atoms with Crippen LogP contribution in [0.5, 0.6) is 0 Å². The minimum atomic E-state index is -0.670. The Kier molecular flexibility index (Phi) is 8.59. The fourth-order valence-electron chi connectivity index (χ4n) is 3.02. The van der Waals surface area contributed by atoms with E-state index in [9.17, 15) is 14.4 Å². The lowest BCUT2D eigenvalue weighted by atomic mass is 10.00. The summed E-state index contributed by atoms with van der Waals surface area (Å²) >= 11 is 0. The van der Waals surface area contributed by atoms with E-state index in [2.05, 4.69) is 36.6 Å². The van der Waals surface area contributed by atoms with E-state index in [1.165, 1.54) is 5.56 Å². The van der Waals surface area contributed by atoms with Crippen LogP contribution in [0.2, 0.25) is 0 Å². The van der Waals surface area contributed by atoms with Crippen LogP contribution in [0.25, 0.3) is 0 Å². The van der Waals surface area contributed by atoms with Gasteiger partial charge in [0.25, 0.3) is 11.8 Å². The summed E-state index contributed by atoms with van der Waals surface area (Å²) in [5.74, 6) is -0.845. The highest BCUT2D eigenvalue weighted by atomic mass is 16.5. The van der Waals surface area contributed by atoms with Crippen molar-refractivity contribution in [3.8, 4) is 0 Å². The van der Waals surface area contributed by atoms with Gasteiger partial charge in [0.15, 0.2) is 6.61 Å². The number of amides is 2. The van der Waals surface area contributed by atoms with Gasteiger partial charge >= 0.3 is 5.97 Å². The number of hydrogen-bond donors (Lipinski definition) is 2. The Morgan fingerprint density at radius 3 is 2.33 bits per heavy atom. The molecule has 0 saturated heterocycles. The van der Waals surface area contributed by atoms with Crippen molar-refractivity contribution in [2.24, 2.45) is 5.92 Å². The van der Waals surface area contributed by atoms with Gasteiger partial charge < -0.3 is 15.4 Å². The zero-order valence-corrected chi connectivity index (χ0v) is 18.0. The minimum Gasteiger partial charge on any atom is -0.454 e. The molecule has 0 aliphatic heterocycles. The van der Waals surface area contributed by atoms with Gasteiger partial charge in [-0.15, -0.1) is 0 Å². The normalized spacial score (nSPS) is 11.6. The largest absolute Gasteiger partial charge is 0.454 e. The molecule has 1 atom stereocenters. The van der Waals surface area contributed by atoms with Gasteiger partial charge in [0.2, 0.25) is 0 Å². The smallest absolute Gasteiger partial charge is 0.325 e. The molecule has 0 radical (unpaired) electrons. The maximum absolute atomic E-state index is 12.1. The number of hydrogen-bond acceptors (Lipinski definition) is 4. The Morgan fingerprint density at radius 1 is 1.00 bits per heavy atom. The van der Waals surface area contributed by atoms with Crippen molar-refractivity contribution in [3.05, 3.63) is 70.8 Å². The second kappa shape index (κ2) is 11.1. The van der Waals surface area contributed by atoms with E-state index >= 15 is 0 Å². The number of nitrogens with one attached hydrogen (secondary N) is 2. The molecule has 160 valence electrons. The van der Waals surface area contributed by atoms with Crippen LogP contribution in [0.3, 0.4) is 0 Å². The van der Waals surface area contributed by atoms with Crippen LogP contribution in [0.4, 0.5) is 0 Å². The van der Waals surface area contributed by atoms with E-state index in [-0.39, 0.29) is 18.5 Å². The van der Waals surface area contributed by atoms with E-state index in [1.807, 2.05) is 32.0 Å². The summed E-state index contributed by atoms with van der Waals surface area (Å²) in [7, 11) is 0. The van der Waals surface area contributed by atoms with Crippen molar-refractivity contribution in [2.45, 2.75) is 40.2 Å². The standard InChI is InChI=1S/C24H30N2O4/c1-16(2)12-19-8-10-20(11-9-19)18(4)26-22(27)15-30-23(28)14-25-24(29)21-7-5-6-17(3)13-21/h5-11,13,16,18H,12,14-15H2,1-4H3,(H,25,29)(H,26,27)/t18-/m1/s1. The summed E-state index contributed by atoms with van der Waals surface area (Å²) < 4.78 is 4.95. The van der Waals surface area contributed by atoms with E-state index in [0.29, 0.717) is 11.5 Å². The zero-order chi connectivity index (χ0) is 22.1. The third kappa shape index (κ3) is 7.70. The molecular formula is C24H30N2O4. The van der Waals surface area contributed by atoms with Gasteiger partial charge in [-0.25, -0.2) is 0 Å². The summed E-state index contributed by atoms with van der Waals surface area (Å²) in [6, 6.07) is 15.0. The van der Waals surface area contributed by atoms with Crippen LogP contribution in [-0.2, 0) is 20.7 Å². The summed E-state index contributed by atoms with van der Waals surface area (Å²) in [5.41, 5.74) is 3.65. The molecule has 2 amide bonds.